The third-order valence-corrected chi connectivity index (χ3v) is 3.93. The summed E-state index contributed by atoms with van der Waals surface area (Å²) in [5.41, 5.74) is 8.19. The van der Waals surface area contributed by atoms with Crippen molar-refractivity contribution in [1.29, 1.82) is 0 Å². The predicted octanol–water partition coefficient (Wildman–Crippen LogP) is 2.75. The van der Waals surface area contributed by atoms with Gasteiger partial charge in [-0.25, -0.2) is 4.98 Å². The van der Waals surface area contributed by atoms with Gasteiger partial charge in [0.15, 0.2) is 0 Å². The van der Waals surface area contributed by atoms with Gasteiger partial charge in [-0.1, -0.05) is 19.0 Å². The van der Waals surface area contributed by atoms with Crippen LogP contribution in [0.15, 0.2) is 15.4 Å². The summed E-state index contributed by atoms with van der Waals surface area (Å²) in [7, 11) is 0. The summed E-state index contributed by atoms with van der Waals surface area (Å²) >= 11 is 1.53. The topological polar surface area (TPSA) is 77.8 Å². The standard InChI is InChI=1S/C13H20N4OS/c1-9(2)10(5-6-14)3-4-12-16-13(17-18-12)11-7-19-8-15-11/h7-10H,3-6,14H2,1-2H3. The van der Waals surface area contributed by atoms with Crippen molar-refractivity contribution in [2.45, 2.75) is 33.1 Å². The van der Waals surface area contributed by atoms with E-state index in [4.69, 9.17) is 10.3 Å². The van der Waals surface area contributed by atoms with E-state index in [1.807, 2.05) is 5.38 Å². The molecule has 0 spiro atoms. The third-order valence-electron chi connectivity index (χ3n) is 3.34. The van der Waals surface area contributed by atoms with Crippen LogP contribution in [0.2, 0.25) is 0 Å². The molecule has 0 saturated carbocycles. The zero-order valence-corrected chi connectivity index (χ0v) is 12.2. The molecule has 2 aromatic heterocycles. The zero-order chi connectivity index (χ0) is 13.7. The number of aryl methyl sites for hydroxylation is 1. The molecule has 5 nitrogen and oxygen atoms in total. The second kappa shape index (κ2) is 6.77. The Kier molecular flexibility index (Phi) is 5.04. The molecular weight excluding hydrogens is 260 g/mol. The van der Waals surface area contributed by atoms with Crippen LogP contribution in [0, 0.1) is 11.8 Å². The molecule has 2 aromatic rings. The molecule has 0 aliphatic carbocycles. The van der Waals surface area contributed by atoms with Crippen molar-refractivity contribution in [3.8, 4) is 11.5 Å². The maximum absolute atomic E-state index is 5.65. The molecule has 0 radical (unpaired) electrons. The molecule has 104 valence electrons. The minimum absolute atomic E-state index is 0.580. The molecule has 19 heavy (non-hydrogen) atoms. The Morgan fingerprint density at radius 1 is 1.37 bits per heavy atom. The number of rotatable bonds is 7. The average Bonchev–Trinajstić information content (AvgIpc) is 3.04. The Morgan fingerprint density at radius 2 is 2.21 bits per heavy atom. The molecule has 6 heteroatoms. The number of hydrogen-bond donors (Lipinski definition) is 1. The van der Waals surface area contributed by atoms with Crippen LogP contribution in [0.3, 0.4) is 0 Å². The number of hydrogen-bond acceptors (Lipinski definition) is 6. The van der Waals surface area contributed by atoms with E-state index >= 15 is 0 Å². The van der Waals surface area contributed by atoms with Gasteiger partial charge in [0.1, 0.15) is 5.69 Å². The SMILES string of the molecule is CC(C)C(CCN)CCc1nc(-c2cscn2)no1. The van der Waals surface area contributed by atoms with Gasteiger partial charge < -0.3 is 10.3 Å². The van der Waals surface area contributed by atoms with Crippen LogP contribution in [0.1, 0.15) is 32.6 Å². The van der Waals surface area contributed by atoms with E-state index in [1.54, 1.807) is 5.51 Å². The van der Waals surface area contributed by atoms with Crippen molar-refractivity contribution in [2.24, 2.45) is 17.6 Å². The number of nitrogens with zero attached hydrogens (tertiary/aromatic N) is 3. The lowest BCUT2D eigenvalue weighted by Crippen LogP contribution is -2.15. The van der Waals surface area contributed by atoms with E-state index in [9.17, 15) is 0 Å². The molecule has 0 aromatic carbocycles. The Hall–Kier alpha value is -1.27. The van der Waals surface area contributed by atoms with E-state index in [2.05, 4.69) is 29.0 Å². The molecular formula is C13H20N4OS. The van der Waals surface area contributed by atoms with Gasteiger partial charge in [-0.05, 0) is 31.2 Å². The summed E-state index contributed by atoms with van der Waals surface area (Å²) in [4.78, 5) is 8.55. The minimum Gasteiger partial charge on any atom is -0.339 e. The van der Waals surface area contributed by atoms with Crippen molar-refractivity contribution in [1.82, 2.24) is 15.1 Å². The minimum atomic E-state index is 0.580. The highest BCUT2D eigenvalue weighted by Crippen LogP contribution is 2.22. The molecule has 0 fully saturated rings. The summed E-state index contributed by atoms with van der Waals surface area (Å²) in [6, 6.07) is 0. The first-order valence-electron chi connectivity index (χ1n) is 6.62. The summed E-state index contributed by atoms with van der Waals surface area (Å²) in [6.07, 6.45) is 2.89. The first-order valence-corrected chi connectivity index (χ1v) is 7.56. The third kappa shape index (κ3) is 3.84. The maximum atomic E-state index is 5.65. The second-order valence-corrected chi connectivity index (χ2v) is 5.72. The Morgan fingerprint density at radius 3 is 2.84 bits per heavy atom. The van der Waals surface area contributed by atoms with Gasteiger partial charge in [-0.2, -0.15) is 4.98 Å². The van der Waals surface area contributed by atoms with E-state index in [0.717, 1.165) is 31.5 Å². The molecule has 1 unspecified atom stereocenters. The molecule has 2 rings (SSSR count). The van der Waals surface area contributed by atoms with Crippen LogP contribution >= 0.6 is 11.3 Å². The molecule has 2 N–H and O–H groups in total. The van der Waals surface area contributed by atoms with Crippen LogP contribution < -0.4 is 5.73 Å². The molecule has 0 aliphatic rings. The predicted molar refractivity (Wildman–Crippen MR) is 75.7 cm³/mol. The van der Waals surface area contributed by atoms with E-state index in [1.165, 1.54) is 11.3 Å². The van der Waals surface area contributed by atoms with Gasteiger partial charge in [-0.3, -0.25) is 0 Å². The summed E-state index contributed by atoms with van der Waals surface area (Å²) in [6.45, 7) is 5.19. The average molecular weight is 280 g/mol. The van der Waals surface area contributed by atoms with Crippen LogP contribution in [0.5, 0.6) is 0 Å². The summed E-state index contributed by atoms with van der Waals surface area (Å²) in [5.74, 6) is 2.51. The Labute approximate surface area is 117 Å². The molecule has 0 saturated heterocycles. The first-order chi connectivity index (χ1) is 9.20. The van der Waals surface area contributed by atoms with Crippen LogP contribution in [-0.4, -0.2) is 21.7 Å². The van der Waals surface area contributed by atoms with E-state index in [0.29, 0.717) is 23.6 Å². The zero-order valence-electron chi connectivity index (χ0n) is 11.4. The maximum Gasteiger partial charge on any atom is 0.227 e. The lowest BCUT2D eigenvalue weighted by atomic mass is 9.88. The van der Waals surface area contributed by atoms with Crippen molar-refractivity contribution >= 4 is 11.3 Å². The fourth-order valence-corrected chi connectivity index (χ4v) is 2.65. The van der Waals surface area contributed by atoms with Crippen LogP contribution in [0.4, 0.5) is 0 Å². The fraction of sp³-hybridized carbons (Fsp3) is 0.615. The quantitative estimate of drug-likeness (QED) is 0.843. The monoisotopic (exact) mass is 280 g/mol. The van der Waals surface area contributed by atoms with Crippen molar-refractivity contribution in [2.75, 3.05) is 6.54 Å². The van der Waals surface area contributed by atoms with E-state index < -0.39 is 0 Å². The van der Waals surface area contributed by atoms with Crippen LogP contribution in [0.25, 0.3) is 11.5 Å². The Bertz CT molecular complexity index is 481. The van der Waals surface area contributed by atoms with Crippen molar-refractivity contribution in [3.63, 3.8) is 0 Å². The van der Waals surface area contributed by atoms with Gasteiger partial charge in [0.25, 0.3) is 0 Å². The van der Waals surface area contributed by atoms with Gasteiger partial charge in [0.2, 0.25) is 11.7 Å². The molecule has 1 atom stereocenters. The van der Waals surface area contributed by atoms with Gasteiger partial charge in [-0.15, -0.1) is 11.3 Å². The van der Waals surface area contributed by atoms with E-state index in [-0.39, 0.29) is 0 Å². The summed E-state index contributed by atoms with van der Waals surface area (Å²) < 4.78 is 5.27. The lowest BCUT2D eigenvalue weighted by Gasteiger charge is -2.18. The molecule has 0 aliphatic heterocycles. The van der Waals surface area contributed by atoms with Gasteiger partial charge in [0, 0.05) is 11.8 Å². The van der Waals surface area contributed by atoms with Crippen molar-refractivity contribution in [3.05, 3.63) is 16.8 Å². The highest BCUT2D eigenvalue weighted by Gasteiger charge is 2.15. The first kappa shape index (κ1) is 14.1. The van der Waals surface area contributed by atoms with Crippen molar-refractivity contribution < 1.29 is 4.52 Å². The normalized spacial score (nSPS) is 13.1. The summed E-state index contributed by atoms with van der Waals surface area (Å²) in [5, 5.41) is 5.88. The molecule has 0 bridgehead atoms. The number of thiazole rings is 1. The fourth-order valence-electron chi connectivity index (χ4n) is 2.12. The highest BCUT2D eigenvalue weighted by molar-refractivity contribution is 7.07. The highest BCUT2D eigenvalue weighted by atomic mass is 32.1. The smallest absolute Gasteiger partial charge is 0.227 e. The molecule has 2 heterocycles. The largest absolute Gasteiger partial charge is 0.339 e. The van der Waals surface area contributed by atoms with Gasteiger partial charge in [0.05, 0.1) is 5.51 Å². The Balaban J connectivity index is 1.93. The lowest BCUT2D eigenvalue weighted by molar-refractivity contribution is 0.313. The molecule has 0 amide bonds. The second-order valence-electron chi connectivity index (χ2n) is 5.01. The number of aromatic nitrogens is 3. The number of nitrogens with two attached hydrogens (primary N) is 1. The van der Waals surface area contributed by atoms with Crippen LogP contribution in [-0.2, 0) is 6.42 Å². The van der Waals surface area contributed by atoms with Gasteiger partial charge >= 0.3 is 0 Å².